The molecule has 0 aromatic heterocycles. The van der Waals surface area contributed by atoms with Crippen LogP contribution in [0.3, 0.4) is 0 Å². The van der Waals surface area contributed by atoms with Gasteiger partial charge in [-0.05, 0) is 105 Å². The van der Waals surface area contributed by atoms with Crippen molar-refractivity contribution in [3.63, 3.8) is 0 Å². The van der Waals surface area contributed by atoms with E-state index in [0.717, 1.165) is 28.3 Å². The summed E-state index contributed by atoms with van der Waals surface area (Å²) in [7, 11) is -3.79. The second-order valence-corrected chi connectivity index (χ2v) is 15.1. The van der Waals surface area contributed by atoms with Crippen molar-refractivity contribution in [2.24, 2.45) is 5.92 Å². The number of nitrogens with one attached hydrogen (secondary N) is 1. The molecule has 3 aliphatic rings. The monoisotopic (exact) mass is 596 g/mol. The third-order valence-corrected chi connectivity index (χ3v) is 11.2. The van der Waals surface area contributed by atoms with E-state index < -0.39 is 38.9 Å². The van der Waals surface area contributed by atoms with Gasteiger partial charge in [-0.1, -0.05) is 60.7 Å². The van der Waals surface area contributed by atoms with Crippen LogP contribution in [0.2, 0.25) is 0 Å². The largest absolute Gasteiger partial charge is 0.444 e. The molecule has 2 aliphatic heterocycles. The summed E-state index contributed by atoms with van der Waals surface area (Å²) in [6.45, 7) is 6.00. The van der Waals surface area contributed by atoms with Crippen LogP contribution < -0.4 is 5.32 Å². The number of benzene rings is 3. The maximum absolute atomic E-state index is 14.3. The molecule has 0 radical (unpaired) electrons. The number of allylic oxidation sites excluding steroid dienone is 2. The van der Waals surface area contributed by atoms with Gasteiger partial charge in [-0.2, -0.15) is 0 Å². The van der Waals surface area contributed by atoms with Gasteiger partial charge in [-0.3, -0.25) is 4.90 Å². The van der Waals surface area contributed by atoms with Gasteiger partial charge in [0.25, 0.3) is 0 Å². The van der Waals surface area contributed by atoms with Crippen LogP contribution in [0.5, 0.6) is 0 Å². The molecule has 224 valence electrons. The Labute approximate surface area is 255 Å². The van der Waals surface area contributed by atoms with Crippen LogP contribution in [0.4, 0.5) is 4.79 Å². The van der Waals surface area contributed by atoms with Crippen LogP contribution in [-0.4, -0.2) is 48.4 Å². The third kappa shape index (κ3) is 6.23. The molecule has 1 N–H and O–H groups in total. The Kier molecular flexibility index (Phi) is 8.10. The molecule has 4 atom stereocenters. The van der Waals surface area contributed by atoms with Gasteiger partial charge >= 0.3 is 6.09 Å². The zero-order valence-electron chi connectivity index (χ0n) is 25.1. The summed E-state index contributed by atoms with van der Waals surface area (Å²) in [4.78, 5) is 15.3. The molecule has 3 fully saturated rings. The van der Waals surface area contributed by atoms with Crippen molar-refractivity contribution in [3.8, 4) is 11.8 Å². The Morgan fingerprint density at radius 3 is 2.40 bits per heavy atom. The number of hydrogen-bond acceptors (Lipinski definition) is 5. The van der Waals surface area contributed by atoms with Crippen LogP contribution in [0.15, 0.2) is 83.8 Å². The molecule has 43 heavy (non-hydrogen) atoms. The summed E-state index contributed by atoms with van der Waals surface area (Å²) < 4.78 is 34.3. The van der Waals surface area contributed by atoms with Crippen molar-refractivity contribution < 1.29 is 17.9 Å². The Bertz CT molecular complexity index is 1690. The molecule has 1 amide bonds. The Morgan fingerprint density at radius 1 is 0.977 bits per heavy atom. The standard InChI is InChI=1S/C36H40N2O4S/c1-36(2,3)42-35(39)38-31-21-22-32(38)34(33(31)37-24-27-15-18-28-13-6-7-14-29(28)23-27)43(40,41)30-19-16-26(17-20-30)10-5-4-9-25-11-8-12-25/h4,6-7,9,13-20,23,25,31-34,37H,8,11-12,21-22,24H2,1-3H3/b9-4+/t31-,32+,33-,34-/m1/s1. The molecule has 1 saturated carbocycles. The van der Waals surface area contributed by atoms with Crippen molar-refractivity contribution >= 4 is 26.7 Å². The minimum atomic E-state index is -3.79. The molecule has 3 aromatic carbocycles. The van der Waals surface area contributed by atoms with Crippen molar-refractivity contribution in [3.05, 3.63) is 90.0 Å². The van der Waals surface area contributed by atoms with E-state index in [1.807, 2.05) is 39.0 Å². The maximum atomic E-state index is 14.3. The lowest BCUT2D eigenvalue weighted by atomic mass is 9.85. The summed E-state index contributed by atoms with van der Waals surface area (Å²) in [5, 5.41) is 5.08. The van der Waals surface area contributed by atoms with Crippen molar-refractivity contribution in [1.82, 2.24) is 10.2 Å². The van der Waals surface area contributed by atoms with Gasteiger partial charge in [0.15, 0.2) is 9.84 Å². The van der Waals surface area contributed by atoms with E-state index in [-0.39, 0.29) is 10.9 Å². The highest BCUT2D eigenvalue weighted by atomic mass is 32.2. The lowest BCUT2D eigenvalue weighted by Crippen LogP contribution is -2.50. The van der Waals surface area contributed by atoms with Crippen LogP contribution >= 0.6 is 0 Å². The molecule has 7 heteroatoms. The number of nitrogens with zero attached hydrogens (tertiary/aromatic N) is 1. The fourth-order valence-electron chi connectivity index (χ4n) is 6.65. The minimum absolute atomic E-state index is 0.252. The zero-order valence-corrected chi connectivity index (χ0v) is 25.9. The number of amides is 1. The number of carbonyl (C=O) groups excluding carboxylic acids is 1. The van der Waals surface area contributed by atoms with Gasteiger partial charge in [0.05, 0.1) is 17.0 Å². The molecule has 0 spiro atoms. The average molecular weight is 597 g/mol. The van der Waals surface area contributed by atoms with E-state index in [0.29, 0.717) is 18.9 Å². The van der Waals surface area contributed by atoms with Crippen LogP contribution in [0.25, 0.3) is 10.8 Å². The Hall–Kier alpha value is -3.60. The fourth-order valence-corrected chi connectivity index (χ4v) is 8.82. The third-order valence-electron chi connectivity index (χ3n) is 8.94. The SMILES string of the molecule is CC(C)(C)OC(=O)N1[C@@H]2CC[C@H]1[C@@H](S(=O)(=O)c1ccc(C#C/C=C/C3CCC3)cc1)[C@@H]2NCc1ccc2ccccc2c1. The van der Waals surface area contributed by atoms with E-state index in [1.54, 1.807) is 29.2 Å². The maximum Gasteiger partial charge on any atom is 0.410 e. The van der Waals surface area contributed by atoms with Gasteiger partial charge in [-0.25, -0.2) is 13.2 Å². The lowest BCUT2D eigenvalue weighted by molar-refractivity contribution is 0.0210. The minimum Gasteiger partial charge on any atom is -0.444 e. The smallest absolute Gasteiger partial charge is 0.410 e. The first-order valence-electron chi connectivity index (χ1n) is 15.3. The predicted molar refractivity (Wildman–Crippen MR) is 170 cm³/mol. The summed E-state index contributed by atoms with van der Waals surface area (Å²) in [6, 6.07) is 20.1. The molecule has 6 rings (SSSR count). The topological polar surface area (TPSA) is 75.7 Å². The van der Waals surface area contributed by atoms with E-state index in [1.165, 1.54) is 19.3 Å². The molecule has 2 heterocycles. The molecule has 2 saturated heterocycles. The highest BCUT2D eigenvalue weighted by Gasteiger charge is 2.60. The zero-order chi connectivity index (χ0) is 30.2. The van der Waals surface area contributed by atoms with E-state index >= 15 is 0 Å². The van der Waals surface area contributed by atoms with Crippen LogP contribution in [0, 0.1) is 17.8 Å². The first-order chi connectivity index (χ1) is 20.6. The van der Waals surface area contributed by atoms with E-state index in [4.69, 9.17) is 4.74 Å². The van der Waals surface area contributed by atoms with E-state index in [9.17, 15) is 13.2 Å². The van der Waals surface area contributed by atoms with E-state index in [2.05, 4.69) is 53.6 Å². The summed E-state index contributed by atoms with van der Waals surface area (Å²) in [5.74, 6) is 6.83. The molecular formula is C36H40N2O4S. The van der Waals surface area contributed by atoms with Crippen molar-refractivity contribution in [1.29, 1.82) is 0 Å². The van der Waals surface area contributed by atoms with Gasteiger partial charge in [-0.15, -0.1) is 0 Å². The highest BCUT2D eigenvalue weighted by Crippen LogP contribution is 2.44. The average Bonchev–Trinajstić information content (AvgIpc) is 3.51. The summed E-state index contributed by atoms with van der Waals surface area (Å²) >= 11 is 0. The predicted octanol–water partition coefficient (Wildman–Crippen LogP) is 6.63. The number of hydrogen-bond donors (Lipinski definition) is 1. The number of fused-ring (bicyclic) bond motifs is 3. The van der Waals surface area contributed by atoms with Crippen LogP contribution in [-0.2, 0) is 21.1 Å². The summed E-state index contributed by atoms with van der Waals surface area (Å²) in [5.41, 5.74) is 1.16. The van der Waals surface area contributed by atoms with Gasteiger partial charge in [0, 0.05) is 18.2 Å². The normalized spacial score (nSPS) is 23.7. The molecule has 2 bridgehead atoms. The number of carbonyl (C=O) groups is 1. The van der Waals surface area contributed by atoms with Gasteiger partial charge < -0.3 is 10.1 Å². The van der Waals surface area contributed by atoms with Gasteiger partial charge in [0.2, 0.25) is 0 Å². The second-order valence-electron chi connectivity index (χ2n) is 13.0. The number of rotatable bonds is 6. The van der Waals surface area contributed by atoms with Crippen LogP contribution in [0.1, 0.15) is 64.0 Å². The molecule has 1 aliphatic carbocycles. The second kappa shape index (κ2) is 11.8. The van der Waals surface area contributed by atoms with Crippen molar-refractivity contribution in [2.45, 2.75) is 93.3 Å². The first-order valence-corrected chi connectivity index (χ1v) is 16.9. The Morgan fingerprint density at radius 2 is 1.70 bits per heavy atom. The van der Waals surface area contributed by atoms with Gasteiger partial charge in [0.1, 0.15) is 10.9 Å². The van der Waals surface area contributed by atoms with Crippen molar-refractivity contribution in [2.75, 3.05) is 0 Å². The Balaban J connectivity index is 1.26. The highest BCUT2D eigenvalue weighted by molar-refractivity contribution is 7.92. The number of sulfone groups is 1. The first kappa shape index (κ1) is 29.5. The lowest BCUT2D eigenvalue weighted by Gasteiger charge is -2.29. The number of ether oxygens (including phenoxy) is 1. The molecule has 3 aromatic rings. The quantitative estimate of drug-likeness (QED) is 0.323. The fraction of sp³-hybridized carbons (Fsp3) is 0.417. The summed E-state index contributed by atoms with van der Waals surface area (Å²) in [6.07, 6.45) is 8.72. The molecular weight excluding hydrogens is 556 g/mol. The molecule has 0 unspecified atom stereocenters. The molecule has 6 nitrogen and oxygen atoms in total.